The molecular formula is C14H19N5O. The molecule has 2 aromatic rings. The quantitative estimate of drug-likeness (QED) is 0.718. The Balaban J connectivity index is 2.19. The second-order valence-electron chi connectivity index (χ2n) is 4.46. The molecule has 0 aliphatic heterocycles. The van der Waals surface area contributed by atoms with Crippen LogP contribution < -0.4 is 16.4 Å². The molecule has 0 bridgehead atoms. The Morgan fingerprint density at radius 1 is 1.40 bits per heavy atom. The molecule has 2 rings (SSSR count). The van der Waals surface area contributed by atoms with Crippen LogP contribution in [0.25, 0.3) is 0 Å². The first kappa shape index (κ1) is 13.9. The van der Waals surface area contributed by atoms with Crippen molar-refractivity contribution in [1.82, 2.24) is 15.1 Å². The first-order chi connectivity index (χ1) is 9.61. The highest BCUT2D eigenvalue weighted by Gasteiger charge is 2.11. The van der Waals surface area contributed by atoms with E-state index in [2.05, 4.69) is 15.7 Å². The molecule has 0 fully saturated rings. The lowest BCUT2D eigenvalue weighted by Gasteiger charge is -2.12. The summed E-state index contributed by atoms with van der Waals surface area (Å²) in [5.74, 6) is -0.111. The summed E-state index contributed by atoms with van der Waals surface area (Å²) in [6.45, 7) is 3.05. The molecule has 6 nitrogen and oxygen atoms in total. The Morgan fingerprint density at radius 2 is 2.20 bits per heavy atom. The van der Waals surface area contributed by atoms with Crippen molar-refractivity contribution in [2.45, 2.75) is 13.5 Å². The first-order valence-corrected chi connectivity index (χ1v) is 6.50. The number of benzene rings is 1. The molecule has 0 saturated carbocycles. The van der Waals surface area contributed by atoms with Gasteiger partial charge < -0.3 is 16.4 Å². The van der Waals surface area contributed by atoms with Crippen LogP contribution in [0, 0.1) is 0 Å². The highest BCUT2D eigenvalue weighted by Crippen LogP contribution is 2.20. The number of anilines is 2. The summed E-state index contributed by atoms with van der Waals surface area (Å²) in [6, 6.07) is 7.14. The smallest absolute Gasteiger partial charge is 0.253 e. The van der Waals surface area contributed by atoms with Gasteiger partial charge in [0.1, 0.15) is 0 Å². The summed E-state index contributed by atoms with van der Waals surface area (Å²) < 4.78 is 1.78. The van der Waals surface area contributed by atoms with E-state index in [1.807, 2.05) is 20.0 Å². The van der Waals surface area contributed by atoms with Crippen LogP contribution in [-0.4, -0.2) is 22.2 Å². The summed E-state index contributed by atoms with van der Waals surface area (Å²) >= 11 is 0. The van der Waals surface area contributed by atoms with Gasteiger partial charge in [-0.25, -0.2) is 0 Å². The van der Waals surface area contributed by atoms with E-state index in [0.29, 0.717) is 24.3 Å². The number of carbonyl (C=O) groups is 1. The van der Waals surface area contributed by atoms with Crippen molar-refractivity contribution in [3.63, 3.8) is 0 Å². The molecule has 106 valence electrons. The Morgan fingerprint density at radius 3 is 2.85 bits per heavy atom. The van der Waals surface area contributed by atoms with Crippen molar-refractivity contribution in [1.29, 1.82) is 0 Å². The average molecular weight is 273 g/mol. The van der Waals surface area contributed by atoms with E-state index in [1.165, 1.54) is 0 Å². The van der Waals surface area contributed by atoms with Gasteiger partial charge in [0.15, 0.2) is 0 Å². The first-order valence-electron chi connectivity index (χ1n) is 6.50. The molecule has 0 unspecified atom stereocenters. The van der Waals surface area contributed by atoms with Gasteiger partial charge in [-0.05, 0) is 31.2 Å². The average Bonchev–Trinajstić information content (AvgIpc) is 2.82. The van der Waals surface area contributed by atoms with Crippen molar-refractivity contribution < 1.29 is 4.79 Å². The minimum Gasteiger partial charge on any atom is -0.399 e. The zero-order chi connectivity index (χ0) is 14.5. The normalized spacial score (nSPS) is 10.3. The highest BCUT2D eigenvalue weighted by atomic mass is 16.1. The van der Waals surface area contributed by atoms with Crippen LogP contribution in [0.1, 0.15) is 23.0 Å². The standard InChI is InChI=1S/C14H19N5O/c1-3-16-14(20)12-5-4-10(15)8-13(12)17-9-11-6-7-18-19(11)2/h4-8,17H,3,9,15H2,1-2H3,(H,16,20). The van der Waals surface area contributed by atoms with E-state index in [0.717, 1.165) is 11.4 Å². The Bertz CT molecular complexity index is 605. The van der Waals surface area contributed by atoms with Gasteiger partial charge in [0.2, 0.25) is 0 Å². The van der Waals surface area contributed by atoms with Crippen LogP contribution in [0.15, 0.2) is 30.5 Å². The lowest BCUT2D eigenvalue weighted by Crippen LogP contribution is -2.24. The fraction of sp³-hybridized carbons (Fsp3) is 0.286. The number of aromatic nitrogens is 2. The molecule has 0 spiro atoms. The zero-order valence-electron chi connectivity index (χ0n) is 11.7. The number of nitrogens with two attached hydrogens (primary N) is 1. The fourth-order valence-corrected chi connectivity index (χ4v) is 1.92. The molecule has 20 heavy (non-hydrogen) atoms. The summed E-state index contributed by atoms with van der Waals surface area (Å²) in [4.78, 5) is 12.0. The van der Waals surface area contributed by atoms with Crippen LogP contribution in [0.2, 0.25) is 0 Å². The molecule has 1 aromatic heterocycles. The van der Waals surface area contributed by atoms with Gasteiger partial charge in [0, 0.05) is 31.2 Å². The minimum absolute atomic E-state index is 0.111. The number of aryl methyl sites for hydroxylation is 1. The Hall–Kier alpha value is -2.50. The molecule has 0 radical (unpaired) electrons. The number of hydrogen-bond acceptors (Lipinski definition) is 4. The summed E-state index contributed by atoms with van der Waals surface area (Å²) in [5, 5.41) is 10.1. The third kappa shape index (κ3) is 3.09. The zero-order valence-corrected chi connectivity index (χ0v) is 11.7. The number of nitrogen functional groups attached to an aromatic ring is 1. The van der Waals surface area contributed by atoms with E-state index in [4.69, 9.17) is 5.73 Å². The minimum atomic E-state index is -0.111. The monoisotopic (exact) mass is 273 g/mol. The predicted molar refractivity (Wildman–Crippen MR) is 79.4 cm³/mol. The van der Waals surface area contributed by atoms with Crippen LogP contribution >= 0.6 is 0 Å². The van der Waals surface area contributed by atoms with E-state index in [1.54, 1.807) is 29.1 Å². The maximum Gasteiger partial charge on any atom is 0.253 e. The van der Waals surface area contributed by atoms with Gasteiger partial charge in [0.25, 0.3) is 5.91 Å². The van der Waals surface area contributed by atoms with E-state index in [9.17, 15) is 4.79 Å². The van der Waals surface area contributed by atoms with Crippen molar-refractivity contribution in [2.24, 2.45) is 7.05 Å². The second kappa shape index (κ2) is 6.10. The summed E-state index contributed by atoms with van der Waals surface area (Å²) in [6.07, 6.45) is 1.74. The largest absolute Gasteiger partial charge is 0.399 e. The Kier molecular flexibility index (Phi) is 4.24. The van der Waals surface area contributed by atoms with Crippen molar-refractivity contribution in [3.05, 3.63) is 41.7 Å². The number of nitrogens with one attached hydrogen (secondary N) is 2. The van der Waals surface area contributed by atoms with Gasteiger partial charge in [-0.1, -0.05) is 0 Å². The molecule has 0 atom stereocenters. The van der Waals surface area contributed by atoms with E-state index >= 15 is 0 Å². The second-order valence-corrected chi connectivity index (χ2v) is 4.46. The van der Waals surface area contributed by atoms with E-state index < -0.39 is 0 Å². The van der Waals surface area contributed by atoms with Crippen molar-refractivity contribution in [2.75, 3.05) is 17.6 Å². The molecule has 6 heteroatoms. The molecule has 4 N–H and O–H groups in total. The number of carbonyl (C=O) groups excluding carboxylic acids is 1. The van der Waals surface area contributed by atoms with Gasteiger partial charge in [-0.2, -0.15) is 5.10 Å². The number of amides is 1. The topological polar surface area (TPSA) is 85.0 Å². The van der Waals surface area contributed by atoms with Gasteiger partial charge in [-0.15, -0.1) is 0 Å². The lowest BCUT2D eigenvalue weighted by molar-refractivity contribution is 0.0956. The van der Waals surface area contributed by atoms with Crippen LogP contribution in [0.5, 0.6) is 0 Å². The number of hydrogen-bond donors (Lipinski definition) is 3. The molecule has 0 aliphatic rings. The molecule has 0 aliphatic carbocycles. The van der Waals surface area contributed by atoms with E-state index in [-0.39, 0.29) is 5.91 Å². The predicted octanol–water partition coefficient (Wildman–Crippen LogP) is 1.36. The van der Waals surface area contributed by atoms with Crippen molar-refractivity contribution >= 4 is 17.3 Å². The molecule has 1 aromatic carbocycles. The molecule has 0 saturated heterocycles. The number of nitrogens with zero attached hydrogens (tertiary/aromatic N) is 2. The highest BCUT2D eigenvalue weighted by molar-refractivity contribution is 6.00. The summed E-state index contributed by atoms with van der Waals surface area (Å²) in [5.41, 5.74) is 8.74. The number of rotatable bonds is 5. The van der Waals surface area contributed by atoms with Crippen LogP contribution in [0.4, 0.5) is 11.4 Å². The van der Waals surface area contributed by atoms with Gasteiger partial charge in [0.05, 0.1) is 17.8 Å². The SMILES string of the molecule is CCNC(=O)c1ccc(N)cc1NCc1ccnn1C. The lowest BCUT2D eigenvalue weighted by atomic mass is 10.1. The van der Waals surface area contributed by atoms with Gasteiger partial charge >= 0.3 is 0 Å². The summed E-state index contributed by atoms with van der Waals surface area (Å²) in [7, 11) is 1.88. The fourth-order valence-electron chi connectivity index (χ4n) is 1.92. The molecule has 1 amide bonds. The third-order valence-electron chi connectivity index (χ3n) is 3.01. The molecule has 1 heterocycles. The molecular weight excluding hydrogens is 254 g/mol. The maximum absolute atomic E-state index is 12.0. The Labute approximate surface area is 118 Å². The van der Waals surface area contributed by atoms with Crippen LogP contribution in [-0.2, 0) is 13.6 Å². The maximum atomic E-state index is 12.0. The van der Waals surface area contributed by atoms with Gasteiger partial charge in [-0.3, -0.25) is 9.48 Å². The van der Waals surface area contributed by atoms with Crippen LogP contribution in [0.3, 0.4) is 0 Å². The third-order valence-corrected chi connectivity index (χ3v) is 3.01. The van der Waals surface area contributed by atoms with Crippen molar-refractivity contribution in [3.8, 4) is 0 Å².